The predicted octanol–water partition coefficient (Wildman–Crippen LogP) is 2.37. The number of nitrogens with one attached hydrogen (secondary N) is 1. The first kappa shape index (κ1) is 16.3. The van der Waals surface area contributed by atoms with Gasteiger partial charge in [-0.15, -0.1) is 0 Å². The van der Waals surface area contributed by atoms with E-state index in [1.165, 1.54) is 5.56 Å². The van der Waals surface area contributed by atoms with Gasteiger partial charge in [0.1, 0.15) is 0 Å². The highest BCUT2D eigenvalue weighted by atomic mass is 32.2. The highest BCUT2D eigenvalue weighted by Crippen LogP contribution is 2.29. The number of benzene rings is 1. The van der Waals surface area contributed by atoms with Crippen molar-refractivity contribution in [3.05, 3.63) is 29.8 Å². The minimum absolute atomic E-state index is 0.0922. The Bertz CT molecular complexity index is 571. The van der Waals surface area contributed by atoms with Crippen molar-refractivity contribution >= 4 is 15.5 Å². The van der Waals surface area contributed by atoms with Crippen LogP contribution in [-0.2, 0) is 9.84 Å². The molecule has 1 aliphatic rings. The fourth-order valence-corrected chi connectivity index (χ4v) is 4.70. The van der Waals surface area contributed by atoms with E-state index in [9.17, 15) is 8.42 Å². The summed E-state index contributed by atoms with van der Waals surface area (Å²) in [6, 6.07) is 8.64. The third-order valence-corrected chi connectivity index (χ3v) is 5.99. The van der Waals surface area contributed by atoms with E-state index in [1.807, 2.05) is 19.2 Å². The Morgan fingerprint density at radius 1 is 1.38 bits per heavy atom. The summed E-state index contributed by atoms with van der Waals surface area (Å²) in [6.45, 7) is 5.30. The Morgan fingerprint density at radius 2 is 2.10 bits per heavy atom. The van der Waals surface area contributed by atoms with Crippen LogP contribution in [0.3, 0.4) is 0 Å². The van der Waals surface area contributed by atoms with Crippen LogP contribution in [0.2, 0.25) is 0 Å². The molecule has 1 saturated heterocycles. The maximum Gasteiger partial charge on any atom is 0.152 e. The molecule has 2 atom stereocenters. The van der Waals surface area contributed by atoms with Crippen LogP contribution in [-0.4, -0.2) is 39.6 Å². The zero-order chi connectivity index (χ0) is 15.5. The molecule has 118 valence electrons. The Kier molecular flexibility index (Phi) is 5.27. The summed E-state index contributed by atoms with van der Waals surface area (Å²) in [7, 11) is -0.842. The van der Waals surface area contributed by atoms with Gasteiger partial charge in [0.2, 0.25) is 0 Å². The van der Waals surface area contributed by atoms with Crippen molar-refractivity contribution in [3.8, 4) is 0 Å². The lowest BCUT2D eigenvalue weighted by molar-refractivity contribution is 0.567. The largest absolute Gasteiger partial charge is 0.370 e. The van der Waals surface area contributed by atoms with Crippen LogP contribution < -0.4 is 10.2 Å². The van der Waals surface area contributed by atoms with Crippen molar-refractivity contribution in [1.82, 2.24) is 5.32 Å². The van der Waals surface area contributed by atoms with Gasteiger partial charge in [0.05, 0.1) is 11.5 Å². The number of hydrogen-bond acceptors (Lipinski definition) is 4. The van der Waals surface area contributed by atoms with Crippen LogP contribution in [0, 0.1) is 0 Å². The van der Waals surface area contributed by atoms with Crippen molar-refractivity contribution in [2.24, 2.45) is 0 Å². The molecule has 2 unspecified atom stereocenters. The second-order valence-corrected chi connectivity index (χ2v) is 8.13. The monoisotopic (exact) mass is 310 g/mol. The van der Waals surface area contributed by atoms with E-state index in [4.69, 9.17) is 0 Å². The molecule has 21 heavy (non-hydrogen) atoms. The van der Waals surface area contributed by atoms with Gasteiger partial charge in [-0.1, -0.05) is 25.1 Å². The molecule has 0 amide bonds. The number of para-hydroxylation sites is 1. The van der Waals surface area contributed by atoms with Crippen molar-refractivity contribution in [1.29, 1.82) is 0 Å². The van der Waals surface area contributed by atoms with Crippen molar-refractivity contribution in [2.45, 2.75) is 38.8 Å². The minimum atomic E-state index is -2.85. The van der Waals surface area contributed by atoms with Crippen LogP contribution in [0.1, 0.15) is 38.3 Å². The lowest BCUT2D eigenvalue weighted by Gasteiger charge is -2.30. The summed E-state index contributed by atoms with van der Waals surface area (Å²) in [5.41, 5.74) is 2.37. The standard InChI is InChI=1S/C16H26N2O2S/c1-4-10-17-13(2)15-7-5-6-8-16(15)18(3)14-9-11-21(19,20)12-14/h5-8,13-14,17H,4,9-12H2,1-3H3. The summed E-state index contributed by atoms with van der Waals surface area (Å²) in [4.78, 5) is 2.14. The van der Waals surface area contributed by atoms with E-state index < -0.39 is 9.84 Å². The third-order valence-electron chi connectivity index (χ3n) is 4.24. The SMILES string of the molecule is CCCNC(C)c1ccccc1N(C)C1CCS(=O)(=O)C1. The van der Waals surface area contributed by atoms with Gasteiger partial charge in [0.15, 0.2) is 9.84 Å². The van der Waals surface area contributed by atoms with Gasteiger partial charge in [-0.05, 0) is 37.9 Å². The molecule has 0 aliphatic carbocycles. The number of hydrogen-bond donors (Lipinski definition) is 1. The van der Waals surface area contributed by atoms with Crippen molar-refractivity contribution < 1.29 is 8.42 Å². The fourth-order valence-electron chi connectivity index (χ4n) is 2.92. The van der Waals surface area contributed by atoms with Crippen molar-refractivity contribution in [3.63, 3.8) is 0 Å². The molecule has 0 spiro atoms. The first-order valence-corrected chi connectivity index (χ1v) is 9.52. The normalized spacial score (nSPS) is 22.1. The van der Waals surface area contributed by atoms with E-state index in [1.54, 1.807) is 0 Å². The summed E-state index contributed by atoms with van der Waals surface area (Å²) in [5.74, 6) is 0.586. The molecule has 0 radical (unpaired) electrons. The molecule has 1 aromatic carbocycles. The Balaban J connectivity index is 2.19. The van der Waals surface area contributed by atoms with Gasteiger partial charge in [0, 0.05) is 24.8 Å². The molecule has 4 nitrogen and oxygen atoms in total. The molecule has 1 fully saturated rings. The lowest BCUT2D eigenvalue weighted by atomic mass is 10.0. The molecule has 1 aliphatic heterocycles. The van der Waals surface area contributed by atoms with E-state index in [2.05, 4.69) is 36.2 Å². The molecule has 0 aromatic heterocycles. The number of anilines is 1. The Hall–Kier alpha value is -1.07. The molecule has 0 bridgehead atoms. The highest BCUT2D eigenvalue weighted by Gasteiger charge is 2.31. The average molecular weight is 310 g/mol. The second-order valence-electron chi connectivity index (χ2n) is 5.90. The quantitative estimate of drug-likeness (QED) is 0.876. The first-order valence-electron chi connectivity index (χ1n) is 7.70. The van der Waals surface area contributed by atoms with Gasteiger partial charge in [-0.3, -0.25) is 0 Å². The van der Waals surface area contributed by atoms with Gasteiger partial charge >= 0.3 is 0 Å². The molecule has 1 N–H and O–H groups in total. The summed E-state index contributed by atoms with van der Waals surface area (Å²) < 4.78 is 23.4. The first-order chi connectivity index (χ1) is 9.94. The summed E-state index contributed by atoms with van der Waals surface area (Å²) in [6.07, 6.45) is 1.83. The van der Waals surface area contributed by atoms with Crippen LogP contribution in [0.25, 0.3) is 0 Å². The average Bonchev–Trinajstić information content (AvgIpc) is 2.84. The summed E-state index contributed by atoms with van der Waals surface area (Å²) >= 11 is 0. The zero-order valence-corrected chi connectivity index (χ0v) is 14.0. The number of sulfone groups is 1. The summed E-state index contributed by atoms with van der Waals surface area (Å²) in [5, 5.41) is 3.51. The molecular formula is C16H26N2O2S. The maximum absolute atomic E-state index is 11.7. The third kappa shape index (κ3) is 3.98. The maximum atomic E-state index is 11.7. The van der Waals surface area contributed by atoms with Gasteiger partial charge in [-0.2, -0.15) is 0 Å². The predicted molar refractivity (Wildman–Crippen MR) is 88.6 cm³/mol. The van der Waals surface area contributed by atoms with Crippen LogP contribution in [0.4, 0.5) is 5.69 Å². The van der Waals surface area contributed by atoms with E-state index in [0.29, 0.717) is 5.75 Å². The van der Waals surface area contributed by atoms with Gasteiger partial charge in [-0.25, -0.2) is 8.42 Å². The van der Waals surface area contributed by atoms with E-state index >= 15 is 0 Å². The number of nitrogens with zero attached hydrogens (tertiary/aromatic N) is 1. The van der Waals surface area contributed by atoms with Gasteiger partial charge < -0.3 is 10.2 Å². The lowest BCUT2D eigenvalue weighted by Crippen LogP contribution is -2.34. The second kappa shape index (κ2) is 6.79. The zero-order valence-electron chi connectivity index (χ0n) is 13.2. The van der Waals surface area contributed by atoms with Crippen molar-refractivity contribution in [2.75, 3.05) is 30.0 Å². The molecule has 1 aromatic rings. The molecule has 5 heteroatoms. The van der Waals surface area contributed by atoms with E-state index in [0.717, 1.165) is 25.1 Å². The minimum Gasteiger partial charge on any atom is -0.370 e. The van der Waals surface area contributed by atoms with Crippen LogP contribution in [0.15, 0.2) is 24.3 Å². The van der Waals surface area contributed by atoms with Crippen LogP contribution in [0.5, 0.6) is 0 Å². The Labute approximate surface area is 128 Å². The fraction of sp³-hybridized carbons (Fsp3) is 0.625. The van der Waals surface area contributed by atoms with E-state index in [-0.39, 0.29) is 17.8 Å². The van der Waals surface area contributed by atoms with Gasteiger partial charge in [0.25, 0.3) is 0 Å². The molecule has 2 rings (SSSR count). The smallest absolute Gasteiger partial charge is 0.152 e. The molecule has 0 saturated carbocycles. The van der Waals surface area contributed by atoms with Crippen LogP contribution >= 0.6 is 0 Å². The highest BCUT2D eigenvalue weighted by molar-refractivity contribution is 7.91. The molecule has 1 heterocycles. The Morgan fingerprint density at radius 3 is 2.71 bits per heavy atom. The number of rotatable bonds is 6. The molecular weight excluding hydrogens is 284 g/mol. The topological polar surface area (TPSA) is 49.4 Å².